The van der Waals surface area contributed by atoms with Gasteiger partial charge >= 0.3 is 0 Å². The summed E-state index contributed by atoms with van der Waals surface area (Å²) in [6.45, 7) is 19.0. The minimum atomic E-state index is -1.65. The molecule has 0 aromatic heterocycles. The van der Waals surface area contributed by atoms with Gasteiger partial charge in [-0.05, 0) is 56.2 Å². The zero-order valence-electron chi connectivity index (χ0n) is 17.1. The van der Waals surface area contributed by atoms with Crippen molar-refractivity contribution in [2.75, 3.05) is 0 Å². The van der Waals surface area contributed by atoms with Gasteiger partial charge in [0.1, 0.15) is 8.07 Å². The van der Waals surface area contributed by atoms with E-state index in [0.29, 0.717) is 5.92 Å². The molecule has 2 rings (SSSR count). The highest BCUT2D eigenvalue weighted by atomic mass is 28.3. The molecule has 1 heteroatoms. The van der Waals surface area contributed by atoms with Crippen molar-refractivity contribution < 1.29 is 0 Å². The maximum Gasteiger partial charge on any atom is 0.114 e. The second-order valence-corrected chi connectivity index (χ2v) is 12.3. The zero-order chi connectivity index (χ0) is 18.1. The molecule has 1 aromatic carbocycles. The topological polar surface area (TPSA) is 0 Å². The van der Waals surface area contributed by atoms with Crippen LogP contribution in [0.4, 0.5) is 0 Å². The van der Waals surface area contributed by atoms with E-state index in [1.165, 1.54) is 23.2 Å². The standard InChI is InChI=1S/C23H36Si/c1-9-20-13-21(10-2)15-22(14-20)24(11-3,12-4)23-18(7)16(5)17(6)19(23)8/h13-15,18H,9-12H2,1-8H3. The summed E-state index contributed by atoms with van der Waals surface area (Å²) >= 11 is 0. The molecule has 24 heavy (non-hydrogen) atoms. The van der Waals surface area contributed by atoms with Crippen LogP contribution in [0.15, 0.2) is 40.1 Å². The molecule has 0 amide bonds. The maximum atomic E-state index is 2.55. The lowest BCUT2D eigenvalue weighted by molar-refractivity contribution is 0.844. The van der Waals surface area contributed by atoms with Crippen molar-refractivity contribution in [3.05, 3.63) is 51.2 Å². The van der Waals surface area contributed by atoms with Crippen LogP contribution in [0.2, 0.25) is 12.1 Å². The Kier molecular flexibility index (Phi) is 5.96. The van der Waals surface area contributed by atoms with E-state index in [-0.39, 0.29) is 0 Å². The van der Waals surface area contributed by atoms with Crippen molar-refractivity contribution in [1.82, 2.24) is 0 Å². The number of rotatable bonds is 6. The lowest BCUT2D eigenvalue weighted by Gasteiger charge is -2.36. The Morgan fingerprint density at radius 2 is 1.29 bits per heavy atom. The number of hydrogen-bond donors (Lipinski definition) is 0. The van der Waals surface area contributed by atoms with Crippen LogP contribution in [0.1, 0.15) is 66.5 Å². The normalized spacial score (nSPS) is 18.8. The first-order valence-electron chi connectivity index (χ1n) is 9.88. The quantitative estimate of drug-likeness (QED) is 0.529. The van der Waals surface area contributed by atoms with E-state index in [1.54, 1.807) is 21.9 Å². The van der Waals surface area contributed by atoms with E-state index in [4.69, 9.17) is 0 Å². The summed E-state index contributed by atoms with van der Waals surface area (Å²) < 4.78 is 0. The van der Waals surface area contributed by atoms with Gasteiger partial charge in [-0.3, -0.25) is 0 Å². The zero-order valence-corrected chi connectivity index (χ0v) is 18.1. The number of benzene rings is 1. The smallest absolute Gasteiger partial charge is 0.0672 e. The second-order valence-electron chi connectivity index (χ2n) is 7.60. The van der Waals surface area contributed by atoms with Crippen LogP contribution in [0.3, 0.4) is 0 Å². The summed E-state index contributed by atoms with van der Waals surface area (Å²) in [5.41, 5.74) is 7.81. The molecule has 0 fully saturated rings. The summed E-state index contributed by atoms with van der Waals surface area (Å²) in [5, 5.41) is 3.50. The molecule has 1 aromatic rings. The fraction of sp³-hybridized carbons (Fsp3) is 0.565. The van der Waals surface area contributed by atoms with E-state index < -0.39 is 8.07 Å². The first kappa shape index (κ1) is 19.2. The van der Waals surface area contributed by atoms with Gasteiger partial charge in [0.25, 0.3) is 0 Å². The van der Waals surface area contributed by atoms with E-state index in [0.717, 1.165) is 12.8 Å². The monoisotopic (exact) mass is 340 g/mol. The van der Waals surface area contributed by atoms with E-state index in [2.05, 4.69) is 73.6 Å². The molecule has 1 aliphatic carbocycles. The van der Waals surface area contributed by atoms with Gasteiger partial charge in [0.15, 0.2) is 0 Å². The minimum Gasteiger partial charge on any atom is -0.0672 e. The van der Waals surface area contributed by atoms with Gasteiger partial charge in [0.2, 0.25) is 0 Å². The minimum absolute atomic E-state index is 0.631. The van der Waals surface area contributed by atoms with Crippen molar-refractivity contribution in [2.45, 2.75) is 80.3 Å². The molecular formula is C23H36Si. The van der Waals surface area contributed by atoms with E-state index in [1.807, 2.05) is 5.20 Å². The average molecular weight is 341 g/mol. The molecule has 1 aliphatic rings. The lowest BCUT2D eigenvalue weighted by atomic mass is 10.1. The van der Waals surface area contributed by atoms with E-state index >= 15 is 0 Å². The molecule has 0 aliphatic heterocycles. The van der Waals surface area contributed by atoms with Crippen LogP contribution in [-0.4, -0.2) is 8.07 Å². The molecule has 0 radical (unpaired) electrons. The molecule has 132 valence electrons. The van der Waals surface area contributed by atoms with Crippen LogP contribution in [-0.2, 0) is 12.8 Å². The third-order valence-corrected chi connectivity index (χ3v) is 12.4. The van der Waals surface area contributed by atoms with Crippen molar-refractivity contribution in [3.63, 3.8) is 0 Å². The third-order valence-electron chi connectivity index (χ3n) is 6.78. The Balaban J connectivity index is 2.70. The van der Waals surface area contributed by atoms with Gasteiger partial charge in [-0.1, -0.05) is 86.4 Å². The fourth-order valence-corrected chi connectivity index (χ4v) is 10.0. The molecule has 0 spiro atoms. The largest absolute Gasteiger partial charge is 0.114 e. The SMILES string of the molecule is CCc1cc(CC)cc([Si](CC)(CC)C2=C(C)C(C)=C(C)C2C)c1. The molecule has 0 nitrogen and oxygen atoms in total. The Hall–Kier alpha value is -1.08. The summed E-state index contributed by atoms with van der Waals surface area (Å²) in [6, 6.07) is 10.2. The molecule has 0 N–H and O–H groups in total. The highest BCUT2D eigenvalue weighted by Crippen LogP contribution is 2.43. The molecule has 0 saturated carbocycles. The highest BCUT2D eigenvalue weighted by molar-refractivity contribution is 6.97. The predicted octanol–water partition coefficient (Wildman–Crippen LogP) is 6.35. The van der Waals surface area contributed by atoms with Gasteiger partial charge < -0.3 is 0 Å². The van der Waals surface area contributed by atoms with Crippen molar-refractivity contribution in [3.8, 4) is 0 Å². The summed E-state index contributed by atoms with van der Waals surface area (Å²) in [6.07, 6.45) is 2.28. The van der Waals surface area contributed by atoms with Gasteiger partial charge in [-0.2, -0.15) is 0 Å². The third kappa shape index (κ3) is 2.96. The highest BCUT2D eigenvalue weighted by Gasteiger charge is 2.42. The van der Waals surface area contributed by atoms with E-state index in [9.17, 15) is 0 Å². The lowest BCUT2D eigenvalue weighted by Crippen LogP contribution is -2.50. The first-order chi connectivity index (χ1) is 11.4. The first-order valence-corrected chi connectivity index (χ1v) is 12.3. The Morgan fingerprint density at radius 1 is 0.792 bits per heavy atom. The van der Waals surface area contributed by atoms with Crippen molar-refractivity contribution in [1.29, 1.82) is 0 Å². The van der Waals surface area contributed by atoms with Crippen molar-refractivity contribution in [2.24, 2.45) is 5.92 Å². The van der Waals surface area contributed by atoms with Crippen LogP contribution in [0, 0.1) is 5.92 Å². The summed E-state index contributed by atoms with van der Waals surface area (Å²) in [7, 11) is -1.65. The van der Waals surface area contributed by atoms with Gasteiger partial charge in [-0.25, -0.2) is 0 Å². The summed E-state index contributed by atoms with van der Waals surface area (Å²) in [4.78, 5) is 0. The number of aryl methyl sites for hydroxylation is 2. The molecule has 0 heterocycles. The van der Waals surface area contributed by atoms with Gasteiger partial charge in [-0.15, -0.1) is 0 Å². The van der Waals surface area contributed by atoms with Crippen LogP contribution in [0.5, 0.6) is 0 Å². The molecule has 0 saturated heterocycles. The Labute approximate surface area is 151 Å². The van der Waals surface area contributed by atoms with Gasteiger partial charge in [0.05, 0.1) is 0 Å². The summed E-state index contributed by atoms with van der Waals surface area (Å²) in [5.74, 6) is 0.631. The van der Waals surface area contributed by atoms with Crippen molar-refractivity contribution >= 4 is 13.3 Å². The molecule has 1 atom stereocenters. The van der Waals surface area contributed by atoms with Crippen LogP contribution in [0.25, 0.3) is 0 Å². The maximum absolute atomic E-state index is 2.55. The Bertz CT molecular complexity index is 649. The average Bonchev–Trinajstić information content (AvgIpc) is 2.81. The Morgan fingerprint density at radius 3 is 1.62 bits per heavy atom. The second kappa shape index (κ2) is 7.43. The van der Waals surface area contributed by atoms with Crippen LogP contribution >= 0.6 is 0 Å². The predicted molar refractivity (Wildman–Crippen MR) is 112 cm³/mol. The van der Waals surface area contributed by atoms with Gasteiger partial charge in [0, 0.05) is 0 Å². The number of allylic oxidation sites excluding steroid dienone is 4. The molecule has 0 bridgehead atoms. The molecular weight excluding hydrogens is 304 g/mol. The fourth-order valence-electron chi connectivity index (χ4n) is 4.78. The number of hydrogen-bond acceptors (Lipinski definition) is 0. The van der Waals surface area contributed by atoms with Crippen LogP contribution < -0.4 is 5.19 Å². The molecule has 1 unspecified atom stereocenters.